The molecule has 0 aromatic carbocycles. The molecular weight excluding hydrogens is 232 g/mol. The first-order valence-electron chi connectivity index (χ1n) is 5.70. The third kappa shape index (κ3) is 2.41. The Labute approximate surface area is 105 Å². The zero-order valence-electron chi connectivity index (χ0n) is 10.4. The largest absolute Gasteiger partial charge is 0.275 e. The van der Waals surface area contributed by atoms with Crippen LogP contribution in [-0.4, -0.2) is 9.78 Å². The van der Waals surface area contributed by atoms with Gasteiger partial charge in [-0.2, -0.15) is 5.10 Å². The van der Waals surface area contributed by atoms with Gasteiger partial charge in [-0.3, -0.25) is 10.5 Å². The Morgan fingerprint density at radius 2 is 2.29 bits per heavy atom. The lowest BCUT2D eigenvalue weighted by Gasteiger charge is -2.13. The molecule has 2 aromatic rings. The van der Waals surface area contributed by atoms with Crippen LogP contribution in [0.15, 0.2) is 18.3 Å². The van der Waals surface area contributed by atoms with Crippen molar-refractivity contribution in [2.24, 2.45) is 12.9 Å². The second kappa shape index (κ2) is 5.00. The first-order chi connectivity index (χ1) is 8.15. The summed E-state index contributed by atoms with van der Waals surface area (Å²) in [4.78, 5) is 2.52. The molecule has 1 atom stereocenters. The Hall–Kier alpha value is -1.17. The highest BCUT2D eigenvalue weighted by Gasteiger charge is 2.19. The summed E-state index contributed by atoms with van der Waals surface area (Å²) < 4.78 is 1.85. The van der Waals surface area contributed by atoms with Gasteiger partial charge in [-0.15, -0.1) is 11.3 Å². The summed E-state index contributed by atoms with van der Waals surface area (Å²) >= 11 is 1.76. The van der Waals surface area contributed by atoms with Crippen molar-refractivity contribution in [3.8, 4) is 0 Å². The molecule has 0 saturated carbocycles. The quantitative estimate of drug-likeness (QED) is 0.644. The number of nitrogens with zero attached hydrogens (tertiary/aromatic N) is 2. The summed E-state index contributed by atoms with van der Waals surface area (Å²) in [6, 6.07) is 4.28. The van der Waals surface area contributed by atoms with E-state index in [-0.39, 0.29) is 6.04 Å². The summed E-state index contributed by atoms with van der Waals surface area (Å²) in [5.74, 6) is 5.70. The number of aromatic nitrogens is 2. The second-order valence-electron chi connectivity index (χ2n) is 4.11. The van der Waals surface area contributed by atoms with Crippen molar-refractivity contribution in [1.82, 2.24) is 15.2 Å². The average Bonchev–Trinajstić information content (AvgIpc) is 2.87. The average molecular weight is 250 g/mol. The fraction of sp³-hybridized carbons (Fsp3) is 0.417. The second-order valence-corrected chi connectivity index (χ2v) is 5.43. The highest BCUT2D eigenvalue weighted by molar-refractivity contribution is 7.12. The molecule has 0 bridgehead atoms. The van der Waals surface area contributed by atoms with Gasteiger partial charge < -0.3 is 0 Å². The molecule has 5 heteroatoms. The summed E-state index contributed by atoms with van der Waals surface area (Å²) in [6.45, 7) is 4.21. The van der Waals surface area contributed by atoms with Crippen molar-refractivity contribution in [3.05, 3.63) is 39.3 Å². The number of nitrogens with one attached hydrogen (secondary N) is 1. The van der Waals surface area contributed by atoms with E-state index in [0.717, 1.165) is 12.1 Å². The Bertz CT molecular complexity index is 500. The first kappa shape index (κ1) is 12.3. The third-order valence-corrected chi connectivity index (χ3v) is 3.86. The molecule has 2 heterocycles. The number of aryl methyl sites for hydroxylation is 3. The molecule has 0 aliphatic carbocycles. The molecule has 17 heavy (non-hydrogen) atoms. The molecular formula is C12H18N4S. The fourth-order valence-electron chi connectivity index (χ4n) is 2.00. The fourth-order valence-corrected chi connectivity index (χ4v) is 2.96. The molecule has 0 radical (unpaired) electrons. The molecule has 2 rings (SSSR count). The zero-order valence-corrected chi connectivity index (χ0v) is 11.2. The van der Waals surface area contributed by atoms with Gasteiger partial charge in [0.2, 0.25) is 0 Å². The van der Waals surface area contributed by atoms with Gasteiger partial charge in [0.1, 0.15) is 0 Å². The van der Waals surface area contributed by atoms with E-state index in [2.05, 4.69) is 36.5 Å². The van der Waals surface area contributed by atoms with Gasteiger partial charge in [-0.05, 0) is 25.5 Å². The van der Waals surface area contributed by atoms with Crippen molar-refractivity contribution in [3.63, 3.8) is 0 Å². The van der Waals surface area contributed by atoms with Crippen molar-refractivity contribution >= 4 is 11.3 Å². The molecule has 0 aliphatic heterocycles. The SMILES string of the molecule is CCc1nn(C)cc1C(NN)c1ccc(C)s1. The molecule has 0 aliphatic rings. The van der Waals surface area contributed by atoms with Crippen molar-refractivity contribution in [1.29, 1.82) is 0 Å². The van der Waals surface area contributed by atoms with Gasteiger partial charge in [-0.25, -0.2) is 5.43 Å². The highest BCUT2D eigenvalue weighted by atomic mass is 32.1. The number of nitrogens with two attached hydrogens (primary N) is 1. The predicted molar refractivity (Wildman–Crippen MR) is 70.8 cm³/mol. The molecule has 1 unspecified atom stereocenters. The molecule has 2 aromatic heterocycles. The maximum atomic E-state index is 5.70. The van der Waals surface area contributed by atoms with Crippen LogP contribution in [0.2, 0.25) is 0 Å². The highest BCUT2D eigenvalue weighted by Crippen LogP contribution is 2.29. The van der Waals surface area contributed by atoms with E-state index in [4.69, 9.17) is 5.84 Å². The number of rotatable bonds is 4. The van der Waals surface area contributed by atoms with E-state index in [1.165, 1.54) is 15.3 Å². The number of thiophene rings is 1. The molecule has 0 fully saturated rings. The van der Waals surface area contributed by atoms with Crippen LogP contribution in [0, 0.1) is 6.92 Å². The Morgan fingerprint density at radius 1 is 1.53 bits per heavy atom. The number of hydrogen-bond donors (Lipinski definition) is 2. The van der Waals surface area contributed by atoms with Crippen LogP contribution in [0.3, 0.4) is 0 Å². The van der Waals surface area contributed by atoms with Gasteiger partial charge >= 0.3 is 0 Å². The van der Waals surface area contributed by atoms with Crippen molar-refractivity contribution in [2.45, 2.75) is 26.3 Å². The lowest BCUT2D eigenvalue weighted by molar-refractivity contribution is 0.640. The lowest BCUT2D eigenvalue weighted by Crippen LogP contribution is -2.28. The van der Waals surface area contributed by atoms with Crippen LogP contribution in [0.25, 0.3) is 0 Å². The molecule has 92 valence electrons. The van der Waals surface area contributed by atoms with E-state index in [1.54, 1.807) is 11.3 Å². The summed E-state index contributed by atoms with van der Waals surface area (Å²) in [6.07, 6.45) is 2.96. The van der Waals surface area contributed by atoms with E-state index in [9.17, 15) is 0 Å². The van der Waals surface area contributed by atoms with Crippen LogP contribution < -0.4 is 11.3 Å². The van der Waals surface area contributed by atoms with Crippen molar-refractivity contribution in [2.75, 3.05) is 0 Å². The Morgan fingerprint density at radius 3 is 2.82 bits per heavy atom. The Balaban J connectivity index is 2.41. The smallest absolute Gasteiger partial charge is 0.0835 e. The number of hydrazine groups is 1. The van der Waals surface area contributed by atoms with E-state index < -0.39 is 0 Å². The summed E-state index contributed by atoms with van der Waals surface area (Å²) in [5, 5.41) is 4.46. The van der Waals surface area contributed by atoms with Gasteiger partial charge in [0.05, 0.1) is 11.7 Å². The topological polar surface area (TPSA) is 55.9 Å². The lowest BCUT2D eigenvalue weighted by atomic mass is 10.1. The standard InChI is InChI=1S/C12H18N4S/c1-4-10-9(7-16(3)15-10)12(14-13)11-6-5-8(2)17-11/h5-7,12,14H,4,13H2,1-3H3. The predicted octanol–water partition coefficient (Wildman–Crippen LogP) is 1.91. The van der Waals surface area contributed by atoms with E-state index >= 15 is 0 Å². The molecule has 4 nitrogen and oxygen atoms in total. The zero-order chi connectivity index (χ0) is 12.4. The van der Waals surface area contributed by atoms with Crippen LogP contribution in [0.1, 0.15) is 34.0 Å². The van der Waals surface area contributed by atoms with Gasteiger partial charge in [0, 0.05) is 28.6 Å². The maximum absolute atomic E-state index is 5.70. The molecule has 0 spiro atoms. The minimum Gasteiger partial charge on any atom is -0.275 e. The van der Waals surface area contributed by atoms with Gasteiger partial charge in [0.15, 0.2) is 0 Å². The molecule has 0 saturated heterocycles. The maximum Gasteiger partial charge on any atom is 0.0835 e. The van der Waals surface area contributed by atoms with Crippen LogP contribution >= 0.6 is 11.3 Å². The minimum absolute atomic E-state index is 0.0392. The Kier molecular flexibility index (Phi) is 3.61. The van der Waals surface area contributed by atoms with Crippen molar-refractivity contribution < 1.29 is 0 Å². The third-order valence-electron chi connectivity index (χ3n) is 2.80. The summed E-state index contributed by atoms with van der Waals surface area (Å²) in [5.41, 5.74) is 5.16. The van der Waals surface area contributed by atoms with E-state index in [1.807, 2.05) is 17.9 Å². The van der Waals surface area contributed by atoms with Gasteiger partial charge in [0.25, 0.3) is 0 Å². The normalized spacial score (nSPS) is 12.9. The first-order valence-corrected chi connectivity index (χ1v) is 6.52. The summed E-state index contributed by atoms with van der Waals surface area (Å²) in [7, 11) is 1.94. The van der Waals surface area contributed by atoms with Crippen LogP contribution in [0.4, 0.5) is 0 Å². The molecule has 3 N–H and O–H groups in total. The van der Waals surface area contributed by atoms with Crippen LogP contribution in [0.5, 0.6) is 0 Å². The molecule has 0 amide bonds. The van der Waals surface area contributed by atoms with E-state index in [0.29, 0.717) is 0 Å². The number of hydrogen-bond acceptors (Lipinski definition) is 4. The van der Waals surface area contributed by atoms with Crippen LogP contribution in [-0.2, 0) is 13.5 Å². The minimum atomic E-state index is 0.0392. The monoisotopic (exact) mass is 250 g/mol. The van der Waals surface area contributed by atoms with Gasteiger partial charge in [-0.1, -0.05) is 6.92 Å².